The Morgan fingerprint density at radius 1 is 1.33 bits per heavy atom. The van der Waals surface area contributed by atoms with E-state index in [0.717, 1.165) is 12.8 Å². The van der Waals surface area contributed by atoms with Gasteiger partial charge in [-0.25, -0.2) is 8.42 Å². The first-order chi connectivity index (χ1) is 5.64. The monoisotopic (exact) mass is 192 g/mol. The van der Waals surface area contributed by atoms with Crippen molar-refractivity contribution in [3.63, 3.8) is 0 Å². The van der Waals surface area contributed by atoms with E-state index in [9.17, 15) is 8.42 Å². The summed E-state index contributed by atoms with van der Waals surface area (Å²) in [5.74, 6) is 0.904. The van der Waals surface area contributed by atoms with Crippen LogP contribution >= 0.6 is 0 Å². The Morgan fingerprint density at radius 3 is 2.42 bits per heavy atom. The zero-order chi connectivity index (χ0) is 9.03. The fourth-order valence-electron chi connectivity index (χ4n) is 1.39. The fraction of sp³-hybridized carbons (Fsp3) is 1.00. The van der Waals surface area contributed by atoms with Crippen molar-refractivity contribution in [3.8, 4) is 0 Å². The molecule has 0 bridgehead atoms. The second-order valence-corrected chi connectivity index (χ2v) is 5.72. The van der Waals surface area contributed by atoms with Gasteiger partial charge in [0, 0.05) is 6.61 Å². The van der Waals surface area contributed by atoms with Crippen LogP contribution in [0.25, 0.3) is 0 Å². The van der Waals surface area contributed by atoms with Gasteiger partial charge in [0.15, 0.2) is 9.84 Å². The predicted octanol–water partition coefficient (Wildman–Crippen LogP) is 0.584. The number of aliphatic hydroxyl groups excluding tert-OH is 1. The van der Waals surface area contributed by atoms with Crippen molar-refractivity contribution in [2.45, 2.75) is 25.7 Å². The molecule has 0 heterocycles. The molecule has 1 rings (SSSR count). The first kappa shape index (κ1) is 9.99. The van der Waals surface area contributed by atoms with E-state index < -0.39 is 9.84 Å². The van der Waals surface area contributed by atoms with Gasteiger partial charge in [-0.05, 0) is 25.2 Å². The third-order valence-electron chi connectivity index (χ3n) is 2.33. The summed E-state index contributed by atoms with van der Waals surface area (Å²) in [4.78, 5) is 0. The molecular weight excluding hydrogens is 176 g/mol. The third-order valence-corrected chi connectivity index (χ3v) is 4.22. The van der Waals surface area contributed by atoms with Crippen molar-refractivity contribution < 1.29 is 13.5 Å². The van der Waals surface area contributed by atoms with Gasteiger partial charge >= 0.3 is 0 Å². The van der Waals surface area contributed by atoms with E-state index in [1.165, 1.54) is 6.42 Å². The van der Waals surface area contributed by atoms with E-state index in [1.54, 1.807) is 0 Å². The van der Waals surface area contributed by atoms with E-state index in [1.807, 2.05) is 0 Å². The maximum absolute atomic E-state index is 11.3. The summed E-state index contributed by atoms with van der Waals surface area (Å²) in [6, 6.07) is 0. The van der Waals surface area contributed by atoms with Crippen molar-refractivity contribution in [3.05, 3.63) is 0 Å². The van der Waals surface area contributed by atoms with Crippen LogP contribution in [-0.2, 0) is 9.84 Å². The molecule has 0 radical (unpaired) electrons. The Hall–Kier alpha value is -0.0900. The lowest BCUT2D eigenvalue weighted by Crippen LogP contribution is -2.24. The number of hydrogen-bond acceptors (Lipinski definition) is 3. The Balaban J connectivity index is 2.27. The molecular formula is C8H16O3S. The van der Waals surface area contributed by atoms with Gasteiger partial charge in [-0.1, -0.05) is 6.42 Å². The van der Waals surface area contributed by atoms with Crippen molar-refractivity contribution in [1.82, 2.24) is 0 Å². The molecule has 0 saturated heterocycles. The maximum atomic E-state index is 11.3. The van der Waals surface area contributed by atoms with Crippen LogP contribution in [0, 0.1) is 5.92 Å². The molecule has 72 valence electrons. The summed E-state index contributed by atoms with van der Waals surface area (Å²) in [5.41, 5.74) is 0. The minimum Gasteiger partial charge on any atom is -0.396 e. The molecule has 0 spiro atoms. The second kappa shape index (κ2) is 4.23. The van der Waals surface area contributed by atoms with Gasteiger partial charge in [-0.15, -0.1) is 0 Å². The molecule has 0 atom stereocenters. The Bertz CT molecular complexity index is 216. The van der Waals surface area contributed by atoms with Crippen LogP contribution in [-0.4, -0.2) is 31.6 Å². The van der Waals surface area contributed by atoms with Gasteiger partial charge in [-0.2, -0.15) is 0 Å². The molecule has 1 saturated carbocycles. The van der Waals surface area contributed by atoms with Crippen LogP contribution in [0.3, 0.4) is 0 Å². The number of rotatable bonds is 5. The van der Waals surface area contributed by atoms with Crippen LogP contribution < -0.4 is 0 Å². The Morgan fingerprint density at radius 2 is 2.00 bits per heavy atom. The average molecular weight is 192 g/mol. The molecule has 1 aliphatic carbocycles. The van der Waals surface area contributed by atoms with Crippen molar-refractivity contribution in [1.29, 1.82) is 0 Å². The van der Waals surface area contributed by atoms with Crippen molar-refractivity contribution >= 4 is 9.84 Å². The molecule has 0 unspecified atom stereocenters. The van der Waals surface area contributed by atoms with Gasteiger partial charge in [0.05, 0.1) is 11.5 Å². The van der Waals surface area contributed by atoms with Crippen LogP contribution in [0.4, 0.5) is 0 Å². The molecule has 0 aromatic carbocycles. The molecule has 1 fully saturated rings. The highest BCUT2D eigenvalue weighted by molar-refractivity contribution is 7.91. The van der Waals surface area contributed by atoms with Gasteiger partial charge in [-0.3, -0.25) is 0 Å². The lowest BCUT2D eigenvalue weighted by atomic mass is 9.87. The molecule has 4 heteroatoms. The summed E-state index contributed by atoms with van der Waals surface area (Å²) in [7, 11) is -2.86. The lowest BCUT2D eigenvalue weighted by molar-refractivity contribution is 0.294. The van der Waals surface area contributed by atoms with Crippen molar-refractivity contribution in [2.24, 2.45) is 5.92 Å². The Kier molecular flexibility index (Phi) is 3.53. The topological polar surface area (TPSA) is 54.4 Å². The summed E-state index contributed by atoms with van der Waals surface area (Å²) >= 11 is 0. The molecule has 1 N–H and O–H groups in total. The quantitative estimate of drug-likeness (QED) is 0.693. The van der Waals surface area contributed by atoms with E-state index in [-0.39, 0.29) is 12.4 Å². The first-order valence-corrected chi connectivity index (χ1v) is 6.27. The highest BCUT2D eigenvalue weighted by atomic mass is 32.2. The molecule has 0 aliphatic heterocycles. The van der Waals surface area contributed by atoms with Crippen LogP contribution in [0.1, 0.15) is 25.7 Å². The SMILES string of the molecule is O=S(=O)(CCCO)CC1CCC1. The normalized spacial score (nSPS) is 19.1. The van der Waals surface area contributed by atoms with E-state index >= 15 is 0 Å². The minimum atomic E-state index is -2.86. The fourth-order valence-corrected chi connectivity index (χ4v) is 3.17. The third kappa shape index (κ3) is 3.11. The average Bonchev–Trinajstić information content (AvgIpc) is 1.94. The molecule has 0 amide bonds. The zero-order valence-corrected chi connectivity index (χ0v) is 8.02. The van der Waals surface area contributed by atoms with Crippen LogP contribution in [0.2, 0.25) is 0 Å². The molecule has 3 nitrogen and oxygen atoms in total. The summed E-state index contributed by atoms with van der Waals surface area (Å²) in [5, 5.41) is 8.47. The highest BCUT2D eigenvalue weighted by Gasteiger charge is 2.23. The number of aliphatic hydroxyl groups is 1. The Labute approximate surface area is 73.7 Å². The van der Waals surface area contributed by atoms with Gasteiger partial charge < -0.3 is 5.11 Å². The molecule has 0 aromatic heterocycles. The largest absolute Gasteiger partial charge is 0.396 e. The smallest absolute Gasteiger partial charge is 0.150 e. The molecule has 1 aliphatic rings. The van der Waals surface area contributed by atoms with Crippen molar-refractivity contribution in [2.75, 3.05) is 18.1 Å². The van der Waals surface area contributed by atoms with E-state index in [4.69, 9.17) is 5.11 Å². The second-order valence-electron chi connectivity index (χ2n) is 3.49. The molecule has 0 aromatic rings. The molecule has 12 heavy (non-hydrogen) atoms. The summed E-state index contributed by atoms with van der Waals surface area (Å²) in [6.45, 7) is -0.0239. The van der Waals surface area contributed by atoms with Gasteiger partial charge in [0.25, 0.3) is 0 Å². The first-order valence-electron chi connectivity index (χ1n) is 4.45. The van der Waals surface area contributed by atoms with E-state index in [0.29, 0.717) is 18.1 Å². The predicted molar refractivity (Wildman–Crippen MR) is 47.7 cm³/mol. The number of hydrogen-bond donors (Lipinski definition) is 1. The maximum Gasteiger partial charge on any atom is 0.150 e. The highest BCUT2D eigenvalue weighted by Crippen LogP contribution is 2.27. The van der Waals surface area contributed by atoms with Crippen LogP contribution in [0.15, 0.2) is 0 Å². The zero-order valence-electron chi connectivity index (χ0n) is 7.20. The van der Waals surface area contributed by atoms with Gasteiger partial charge in [0.1, 0.15) is 0 Å². The standard InChI is InChI=1S/C8H16O3S/c9-5-2-6-12(10,11)7-8-3-1-4-8/h8-9H,1-7H2. The van der Waals surface area contributed by atoms with Crippen LogP contribution in [0.5, 0.6) is 0 Å². The summed E-state index contributed by atoms with van der Waals surface area (Å²) in [6.07, 6.45) is 3.70. The lowest BCUT2D eigenvalue weighted by Gasteiger charge is -2.24. The number of sulfone groups is 1. The van der Waals surface area contributed by atoms with E-state index in [2.05, 4.69) is 0 Å². The minimum absolute atomic E-state index is 0.0239. The summed E-state index contributed by atoms with van der Waals surface area (Å²) < 4.78 is 22.6. The van der Waals surface area contributed by atoms with Gasteiger partial charge in [0.2, 0.25) is 0 Å².